The first-order valence-electron chi connectivity index (χ1n) is 8.50. The van der Waals surface area contributed by atoms with Gasteiger partial charge in [0, 0.05) is 10.0 Å². The normalized spacial score (nSPS) is 10.6. The lowest BCUT2D eigenvalue weighted by atomic mass is 10.1. The summed E-state index contributed by atoms with van der Waals surface area (Å²) in [6.07, 6.45) is 3.22. The molecule has 3 aromatic rings. The average Bonchev–Trinajstić information content (AvgIpc) is 2.73. The summed E-state index contributed by atoms with van der Waals surface area (Å²) in [5.74, 6) is 0.482. The van der Waals surface area contributed by atoms with Crippen LogP contribution in [-0.4, -0.2) is 18.9 Å². The van der Waals surface area contributed by atoms with Crippen LogP contribution in [-0.2, 0) is 0 Å². The predicted molar refractivity (Wildman–Crippen MR) is 112 cm³/mol. The summed E-state index contributed by atoms with van der Waals surface area (Å²) < 4.78 is 11.2. The van der Waals surface area contributed by atoms with Crippen molar-refractivity contribution in [1.29, 1.82) is 0 Å². The Morgan fingerprint density at radius 2 is 1.64 bits per heavy atom. The number of esters is 1. The highest BCUT2D eigenvalue weighted by Crippen LogP contribution is 2.20. The molecule has 28 heavy (non-hydrogen) atoms. The summed E-state index contributed by atoms with van der Waals surface area (Å²) in [5.41, 5.74) is 1.80. The summed E-state index contributed by atoms with van der Waals surface area (Å²) in [6.45, 7) is 0. The first kappa shape index (κ1) is 19.6. The van der Waals surface area contributed by atoms with Gasteiger partial charge < -0.3 is 9.47 Å². The largest absolute Gasteiger partial charge is 0.497 e. The number of methoxy groups -OCH3 is 1. The number of carbonyl (C=O) groups is 2. The molecule has 0 radical (unpaired) electrons. The van der Waals surface area contributed by atoms with Crippen LogP contribution < -0.4 is 9.47 Å². The Kier molecular flexibility index (Phi) is 6.40. The Balaban J connectivity index is 1.66. The Hall–Kier alpha value is -3.18. The minimum Gasteiger partial charge on any atom is -0.497 e. The van der Waals surface area contributed by atoms with Gasteiger partial charge in [-0.3, -0.25) is 4.79 Å². The van der Waals surface area contributed by atoms with Crippen molar-refractivity contribution in [3.63, 3.8) is 0 Å². The zero-order chi connectivity index (χ0) is 19.9. The SMILES string of the molecule is COc1cccc(/C=C/C(=O)c2ccc(OC(=O)c3ccccc3Br)cc2)c1. The van der Waals surface area contributed by atoms with E-state index in [1.165, 1.54) is 6.08 Å². The van der Waals surface area contributed by atoms with E-state index in [-0.39, 0.29) is 5.78 Å². The maximum absolute atomic E-state index is 12.3. The maximum Gasteiger partial charge on any atom is 0.344 e. The third-order valence-corrected chi connectivity index (χ3v) is 4.66. The number of ether oxygens (including phenoxy) is 2. The number of hydrogen-bond acceptors (Lipinski definition) is 4. The molecule has 0 fully saturated rings. The van der Waals surface area contributed by atoms with Crippen LogP contribution in [0, 0.1) is 0 Å². The molecule has 0 amide bonds. The maximum atomic E-state index is 12.3. The van der Waals surface area contributed by atoms with Gasteiger partial charge in [-0.05, 0) is 76.1 Å². The van der Waals surface area contributed by atoms with Crippen molar-refractivity contribution in [2.45, 2.75) is 0 Å². The van der Waals surface area contributed by atoms with Crippen LogP contribution in [0.5, 0.6) is 11.5 Å². The second-order valence-electron chi connectivity index (χ2n) is 5.87. The van der Waals surface area contributed by atoms with E-state index in [0.717, 1.165) is 11.3 Å². The molecule has 0 aliphatic carbocycles. The molecular formula is C23H17BrO4. The van der Waals surface area contributed by atoms with Gasteiger partial charge in [-0.2, -0.15) is 0 Å². The van der Waals surface area contributed by atoms with Crippen molar-refractivity contribution in [2.75, 3.05) is 7.11 Å². The second-order valence-corrected chi connectivity index (χ2v) is 6.72. The molecule has 3 rings (SSSR count). The molecule has 140 valence electrons. The van der Waals surface area contributed by atoms with Gasteiger partial charge in [-0.15, -0.1) is 0 Å². The number of halogens is 1. The van der Waals surface area contributed by atoms with E-state index in [1.807, 2.05) is 30.3 Å². The Labute approximate surface area is 171 Å². The minimum atomic E-state index is -0.468. The lowest BCUT2D eigenvalue weighted by Crippen LogP contribution is -2.09. The van der Waals surface area contributed by atoms with E-state index >= 15 is 0 Å². The molecule has 0 bridgehead atoms. The Morgan fingerprint density at radius 3 is 2.36 bits per heavy atom. The molecule has 0 aliphatic heterocycles. The third-order valence-electron chi connectivity index (χ3n) is 3.96. The molecule has 0 aliphatic rings. The summed E-state index contributed by atoms with van der Waals surface area (Å²) in [5, 5.41) is 0. The second kappa shape index (κ2) is 9.15. The van der Waals surface area contributed by atoms with E-state index in [9.17, 15) is 9.59 Å². The number of rotatable bonds is 6. The van der Waals surface area contributed by atoms with Gasteiger partial charge in [0.1, 0.15) is 11.5 Å². The lowest BCUT2D eigenvalue weighted by molar-refractivity contribution is 0.0733. The third kappa shape index (κ3) is 4.96. The highest BCUT2D eigenvalue weighted by Gasteiger charge is 2.12. The topological polar surface area (TPSA) is 52.6 Å². The predicted octanol–water partition coefficient (Wildman–Crippen LogP) is 5.57. The lowest BCUT2D eigenvalue weighted by Gasteiger charge is -2.06. The molecule has 0 heterocycles. The van der Waals surface area contributed by atoms with Crippen LogP contribution in [0.25, 0.3) is 6.08 Å². The van der Waals surface area contributed by atoms with Crippen LogP contribution in [0.3, 0.4) is 0 Å². The van der Waals surface area contributed by atoms with Gasteiger partial charge >= 0.3 is 5.97 Å². The van der Waals surface area contributed by atoms with Gasteiger partial charge in [0.15, 0.2) is 5.78 Å². The minimum absolute atomic E-state index is 0.147. The van der Waals surface area contributed by atoms with Gasteiger partial charge in [-0.1, -0.05) is 30.3 Å². The molecule has 0 unspecified atom stereocenters. The highest BCUT2D eigenvalue weighted by molar-refractivity contribution is 9.10. The summed E-state index contributed by atoms with van der Waals surface area (Å²) >= 11 is 3.33. The van der Waals surface area contributed by atoms with Gasteiger partial charge in [0.25, 0.3) is 0 Å². The number of carbonyl (C=O) groups excluding carboxylic acids is 2. The van der Waals surface area contributed by atoms with Crippen molar-refractivity contribution in [3.05, 3.63) is 100 Å². The molecule has 0 N–H and O–H groups in total. The summed E-state index contributed by atoms with van der Waals surface area (Å²) in [4.78, 5) is 24.6. The van der Waals surface area contributed by atoms with Crippen LogP contribution in [0.4, 0.5) is 0 Å². The van der Waals surface area contributed by atoms with E-state index < -0.39 is 5.97 Å². The molecule has 0 spiro atoms. The molecule has 0 saturated carbocycles. The number of ketones is 1. The number of allylic oxidation sites excluding steroid dienone is 1. The summed E-state index contributed by atoms with van der Waals surface area (Å²) in [6, 6.07) is 20.9. The zero-order valence-corrected chi connectivity index (χ0v) is 16.7. The fraction of sp³-hybridized carbons (Fsp3) is 0.0435. The van der Waals surface area contributed by atoms with E-state index in [1.54, 1.807) is 55.7 Å². The highest BCUT2D eigenvalue weighted by atomic mass is 79.9. The molecule has 3 aromatic carbocycles. The molecule has 0 saturated heterocycles. The Morgan fingerprint density at radius 1 is 0.893 bits per heavy atom. The zero-order valence-electron chi connectivity index (χ0n) is 15.1. The van der Waals surface area contributed by atoms with Crippen LogP contribution in [0.2, 0.25) is 0 Å². The quantitative estimate of drug-likeness (QED) is 0.219. The first-order valence-corrected chi connectivity index (χ1v) is 9.29. The van der Waals surface area contributed by atoms with Gasteiger partial charge in [-0.25, -0.2) is 4.79 Å². The van der Waals surface area contributed by atoms with E-state index in [2.05, 4.69) is 15.9 Å². The fourth-order valence-electron chi connectivity index (χ4n) is 2.49. The molecule has 4 nitrogen and oxygen atoms in total. The van der Waals surface area contributed by atoms with E-state index in [0.29, 0.717) is 21.3 Å². The van der Waals surface area contributed by atoms with Crippen molar-refractivity contribution in [3.8, 4) is 11.5 Å². The molecule has 5 heteroatoms. The first-order chi connectivity index (χ1) is 13.6. The van der Waals surface area contributed by atoms with Crippen LogP contribution in [0.15, 0.2) is 83.3 Å². The Bertz CT molecular complexity index is 1020. The number of hydrogen-bond donors (Lipinski definition) is 0. The monoisotopic (exact) mass is 436 g/mol. The molecular weight excluding hydrogens is 420 g/mol. The smallest absolute Gasteiger partial charge is 0.344 e. The van der Waals surface area contributed by atoms with Gasteiger partial charge in [0.2, 0.25) is 0 Å². The standard InChI is InChI=1S/C23H17BrO4/c1-27-19-6-4-5-16(15-19)9-14-22(25)17-10-12-18(13-11-17)28-23(26)20-7-2-3-8-21(20)24/h2-15H,1H3/b14-9+. The van der Waals surface area contributed by atoms with Crippen molar-refractivity contribution in [2.24, 2.45) is 0 Å². The van der Waals surface area contributed by atoms with Crippen molar-refractivity contribution >= 4 is 33.8 Å². The van der Waals surface area contributed by atoms with Crippen molar-refractivity contribution in [1.82, 2.24) is 0 Å². The molecule has 0 atom stereocenters. The van der Waals surface area contributed by atoms with Crippen LogP contribution in [0.1, 0.15) is 26.3 Å². The number of benzene rings is 3. The van der Waals surface area contributed by atoms with Crippen LogP contribution >= 0.6 is 15.9 Å². The summed E-state index contributed by atoms with van der Waals surface area (Å²) in [7, 11) is 1.60. The van der Waals surface area contributed by atoms with Crippen molar-refractivity contribution < 1.29 is 19.1 Å². The fourth-order valence-corrected chi connectivity index (χ4v) is 2.94. The molecule has 0 aromatic heterocycles. The van der Waals surface area contributed by atoms with Gasteiger partial charge in [0.05, 0.1) is 12.7 Å². The van der Waals surface area contributed by atoms with E-state index in [4.69, 9.17) is 9.47 Å². The average molecular weight is 437 g/mol.